The van der Waals surface area contributed by atoms with E-state index in [1.807, 2.05) is 18.3 Å². The molecule has 5 nitrogen and oxygen atoms in total. The average molecular weight is 334 g/mol. The molecule has 2 aliphatic rings. The highest BCUT2D eigenvalue weighted by molar-refractivity contribution is 6.07. The molecule has 1 aromatic carbocycles. The smallest absolute Gasteiger partial charge is 0.261 e. The third kappa shape index (κ3) is 2.34. The number of guanidine groups is 1. The van der Waals surface area contributed by atoms with Crippen LogP contribution in [0.15, 0.2) is 47.7 Å². The monoisotopic (exact) mass is 334 g/mol. The Bertz CT molecular complexity index is 888. The highest BCUT2D eigenvalue weighted by Crippen LogP contribution is 2.50. The molecule has 2 heterocycles. The van der Waals surface area contributed by atoms with Crippen molar-refractivity contribution in [2.75, 3.05) is 7.05 Å². The van der Waals surface area contributed by atoms with Gasteiger partial charge in [0.15, 0.2) is 11.5 Å². The van der Waals surface area contributed by atoms with Crippen molar-refractivity contribution < 1.29 is 4.79 Å². The summed E-state index contributed by atoms with van der Waals surface area (Å²) >= 11 is 0. The molecule has 5 heteroatoms. The lowest BCUT2D eigenvalue weighted by Gasteiger charge is -2.41. The van der Waals surface area contributed by atoms with Gasteiger partial charge in [0, 0.05) is 19.4 Å². The van der Waals surface area contributed by atoms with Gasteiger partial charge in [-0.1, -0.05) is 32.0 Å². The van der Waals surface area contributed by atoms with Crippen LogP contribution in [0.1, 0.15) is 31.4 Å². The molecule has 0 saturated heterocycles. The SMILES string of the molecule is CN1C(=O)C2(CC(C)(C)Cc3ccc(-c4cccnc4)cc32)N=C1N. The van der Waals surface area contributed by atoms with Crippen molar-refractivity contribution in [2.24, 2.45) is 16.1 Å². The molecular weight excluding hydrogens is 312 g/mol. The second-order valence-electron chi connectivity index (χ2n) is 7.83. The van der Waals surface area contributed by atoms with Crippen LogP contribution in [0.3, 0.4) is 0 Å². The summed E-state index contributed by atoms with van der Waals surface area (Å²) in [5.74, 6) is 0.253. The predicted octanol–water partition coefficient (Wildman–Crippen LogP) is 2.70. The Morgan fingerprint density at radius 2 is 2.00 bits per heavy atom. The van der Waals surface area contributed by atoms with Gasteiger partial charge in [-0.25, -0.2) is 4.99 Å². The zero-order valence-electron chi connectivity index (χ0n) is 14.8. The second kappa shape index (κ2) is 5.15. The molecule has 25 heavy (non-hydrogen) atoms. The molecule has 1 atom stereocenters. The van der Waals surface area contributed by atoms with E-state index in [4.69, 9.17) is 5.73 Å². The van der Waals surface area contributed by atoms with Crippen LogP contribution in [-0.4, -0.2) is 28.8 Å². The van der Waals surface area contributed by atoms with Gasteiger partial charge in [0.2, 0.25) is 0 Å². The lowest BCUT2D eigenvalue weighted by atomic mass is 9.65. The topological polar surface area (TPSA) is 71.6 Å². The highest BCUT2D eigenvalue weighted by Gasteiger charge is 2.54. The predicted molar refractivity (Wildman–Crippen MR) is 97.8 cm³/mol. The van der Waals surface area contributed by atoms with Gasteiger partial charge in [0.25, 0.3) is 5.91 Å². The summed E-state index contributed by atoms with van der Waals surface area (Å²) in [4.78, 5) is 23.5. The first-order valence-electron chi connectivity index (χ1n) is 8.50. The summed E-state index contributed by atoms with van der Waals surface area (Å²) in [7, 11) is 1.70. The molecule has 0 radical (unpaired) electrons. The third-order valence-electron chi connectivity index (χ3n) is 5.26. The maximum absolute atomic E-state index is 13.1. The molecule has 1 aliphatic carbocycles. The first kappa shape index (κ1) is 15.8. The van der Waals surface area contributed by atoms with Crippen molar-refractivity contribution in [2.45, 2.75) is 32.2 Å². The van der Waals surface area contributed by atoms with Crippen LogP contribution < -0.4 is 5.73 Å². The minimum atomic E-state index is -0.909. The van der Waals surface area contributed by atoms with Crippen LogP contribution in [0.2, 0.25) is 0 Å². The highest BCUT2D eigenvalue weighted by atomic mass is 16.2. The van der Waals surface area contributed by atoms with E-state index in [1.165, 1.54) is 10.5 Å². The van der Waals surface area contributed by atoms with Gasteiger partial charge in [-0.3, -0.25) is 14.7 Å². The van der Waals surface area contributed by atoms with Crippen molar-refractivity contribution >= 4 is 11.9 Å². The number of pyridine rings is 1. The fourth-order valence-electron chi connectivity index (χ4n) is 4.18. The number of likely N-dealkylation sites (N-methyl/N-ethyl adjacent to an activating group) is 1. The minimum Gasteiger partial charge on any atom is -0.369 e. The molecule has 2 N–H and O–H groups in total. The molecule has 1 unspecified atom stereocenters. The van der Waals surface area contributed by atoms with Gasteiger partial charge < -0.3 is 5.73 Å². The third-order valence-corrected chi connectivity index (χ3v) is 5.26. The van der Waals surface area contributed by atoms with Gasteiger partial charge in [-0.15, -0.1) is 0 Å². The standard InChI is InChI=1S/C20H22N4O/c1-19(2)10-14-7-6-13(15-5-4-8-22-11-15)9-16(14)20(12-19)17(25)24(3)18(21)23-20/h4-9,11H,10,12H2,1-3H3,(H2,21,23). The quantitative estimate of drug-likeness (QED) is 0.871. The van der Waals surface area contributed by atoms with Crippen LogP contribution in [0.25, 0.3) is 11.1 Å². The maximum atomic E-state index is 13.1. The Labute approximate surface area is 147 Å². The van der Waals surface area contributed by atoms with Crippen LogP contribution in [0.5, 0.6) is 0 Å². The number of benzene rings is 1. The van der Waals surface area contributed by atoms with E-state index in [0.717, 1.165) is 23.1 Å². The van der Waals surface area contributed by atoms with E-state index in [9.17, 15) is 4.79 Å². The number of aromatic nitrogens is 1. The number of fused-ring (bicyclic) bond motifs is 2. The van der Waals surface area contributed by atoms with Crippen molar-refractivity contribution in [1.29, 1.82) is 0 Å². The fourth-order valence-corrected chi connectivity index (χ4v) is 4.18. The van der Waals surface area contributed by atoms with Crippen molar-refractivity contribution in [3.8, 4) is 11.1 Å². The first-order chi connectivity index (χ1) is 11.8. The van der Waals surface area contributed by atoms with Crippen LogP contribution in [-0.2, 0) is 16.8 Å². The Morgan fingerprint density at radius 3 is 2.64 bits per heavy atom. The number of nitrogens with zero attached hydrogens (tertiary/aromatic N) is 3. The van der Waals surface area contributed by atoms with Crippen LogP contribution >= 0.6 is 0 Å². The zero-order chi connectivity index (χ0) is 17.8. The van der Waals surface area contributed by atoms with Gasteiger partial charge in [0.05, 0.1) is 0 Å². The number of nitrogens with two attached hydrogens (primary N) is 1. The molecular formula is C20H22N4O. The fraction of sp³-hybridized carbons (Fsp3) is 0.350. The Morgan fingerprint density at radius 1 is 1.20 bits per heavy atom. The van der Waals surface area contributed by atoms with E-state index in [-0.39, 0.29) is 11.3 Å². The average Bonchev–Trinajstić information content (AvgIpc) is 2.79. The largest absolute Gasteiger partial charge is 0.369 e. The lowest BCUT2D eigenvalue weighted by Crippen LogP contribution is -2.46. The van der Waals surface area contributed by atoms with E-state index in [2.05, 4.69) is 42.0 Å². The number of rotatable bonds is 1. The summed E-state index contributed by atoms with van der Waals surface area (Å²) < 4.78 is 0. The molecule has 0 fully saturated rings. The number of aliphatic imine (C=N–C) groups is 1. The van der Waals surface area contributed by atoms with E-state index in [0.29, 0.717) is 12.4 Å². The summed E-state index contributed by atoms with van der Waals surface area (Å²) in [6, 6.07) is 10.3. The number of carbonyl (C=O) groups is 1. The normalized spacial score (nSPS) is 24.4. The molecule has 0 bridgehead atoms. The molecule has 1 spiro atoms. The molecule has 128 valence electrons. The van der Waals surface area contributed by atoms with E-state index < -0.39 is 5.54 Å². The first-order valence-corrected chi connectivity index (χ1v) is 8.50. The number of amides is 1. The van der Waals surface area contributed by atoms with E-state index >= 15 is 0 Å². The number of hydrogen-bond acceptors (Lipinski definition) is 4. The van der Waals surface area contributed by atoms with Crippen molar-refractivity contribution in [1.82, 2.24) is 9.88 Å². The molecule has 0 saturated carbocycles. The maximum Gasteiger partial charge on any atom is 0.261 e. The van der Waals surface area contributed by atoms with E-state index in [1.54, 1.807) is 13.2 Å². The van der Waals surface area contributed by atoms with Crippen molar-refractivity contribution in [3.05, 3.63) is 53.9 Å². The molecule has 1 aromatic heterocycles. The van der Waals surface area contributed by atoms with Gasteiger partial charge in [-0.05, 0) is 52.6 Å². The molecule has 4 rings (SSSR count). The van der Waals surface area contributed by atoms with Gasteiger partial charge in [-0.2, -0.15) is 0 Å². The van der Waals surface area contributed by atoms with Crippen LogP contribution in [0.4, 0.5) is 0 Å². The molecule has 1 amide bonds. The Hall–Kier alpha value is -2.69. The zero-order valence-corrected chi connectivity index (χ0v) is 14.8. The molecule has 2 aromatic rings. The number of carbonyl (C=O) groups excluding carboxylic acids is 1. The Balaban J connectivity index is 1.93. The second-order valence-corrected chi connectivity index (χ2v) is 7.83. The summed E-state index contributed by atoms with van der Waals surface area (Å²) in [6.07, 6.45) is 5.17. The number of hydrogen-bond donors (Lipinski definition) is 1. The van der Waals surface area contributed by atoms with Gasteiger partial charge in [0.1, 0.15) is 0 Å². The summed E-state index contributed by atoms with van der Waals surface area (Å²) in [5, 5.41) is 0. The lowest BCUT2D eigenvalue weighted by molar-refractivity contribution is -0.132. The van der Waals surface area contributed by atoms with Crippen molar-refractivity contribution in [3.63, 3.8) is 0 Å². The minimum absolute atomic E-state index is 0.0204. The van der Waals surface area contributed by atoms with Gasteiger partial charge >= 0.3 is 0 Å². The van der Waals surface area contributed by atoms with Crippen LogP contribution in [0, 0.1) is 5.41 Å². The Kier molecular flexibility index (Phi) is 3.26. The summed E-state index contributed by atoms with van der Waals surface area (Å²) in [5.41, 5.74) is 9.31. The molecule has 1 aliphatic heterocycles. The summed E-state index contributed by atoms with van der Waals surface area (Å²) in [6.45, 7) is 4.37.